The van der Waals surface area contributed by atoms with E-state index in [0.717, 1.165) is 56.0 Å². The summed E-state index contributed by atoms with van der Waals surface area (Å²) in [4.78, 5) is 18.8. The molecule has 0 radical (unpaired) electrons. The van der Waals surface area contributed by atoms with Gasteiger partial charge in [-0.15, -0.1) is 0 Å². The maximum atomic E-state index is 13.0. The average Bonchev–Trinajstić information content (AvgIpc) is 2.69. The van der Waals surface area contributed by atoms with Gasteiger partial charge in [0.25, 0.3) is 0 Å². The van der Waals surface area contributed by atoms with Gasteiger partial charge in [-0.2, -0.15) is 4.72 Å². The van der Waals surface area contributed by atoms with Crippen LogP contribution in [0.1, 0.15) is 26.2 Å². The molecule has 1 saturated heterocycles. The van der Waals surface area contributed by atoms with E-state index >= 15 is 0 Å². The van der Waals surface area contributed by atoms with E-state index in [1.165, 1.54) is 13.3 Å². The fraction of sp³-hybridized carbons (Fsp3) is 0.368. The number of hydrogen-bond donors (Lipinski definition) is 2. The van der Waals surface area contributed by atoms with Crippen LogP contribution in [0.2, 0.25) is 0 Å². The molecule has 1 amide bonds. The summed E-state index contributed by atoms with van der Waals surface area (Å²) in [5.74, 6) is -0.189. The lowest BCUT2D eigenvalue weighted by molar-refractivity contribution is -0.117. The number of hydrogen-bond acceptors (Lipinski definition) is 5. The van der Waals surface area contributed by atoms with Crippen molar-refractivity contribution in [3.63, 3.8) is 0 Å². The van der Waals surface area contributed by atoms with Gasteiger partial charge in [0.15, 0.2) is 0 Å². The lowest BCUT2D eigenvalue weighted by atomic mass is 10.1. The molecule has 150 valence electrons. The second kappa shape index (κ2) is 8.66. The first-order valence-electron chi connectivity index (χ1n) is 9.15. The number of piperidine rings is 1. The van der Waals surface area contributed by atoms with Crippen LogP contribution in [0.3, 0.4) is 0 Å². The molecule has 1 fully saturated rings. The van der Waals surface area contributed by atoms with Crippen LogP contribution >= 0.6 is 0 Å². The lowest BCUT2D eigenvalue weighted by Crippen LogP contribution is -2.41. The Morgan fingerprint density at radius 1 is 1.11 bits per heavy atom. The first-order valence-corrected chi connectivity index (χ1v) is 10.6. The van der Waals surface area contributed by atoms with Gasteiger partial charge in [0.05, 0.1) is 22.8 Å². The second-order valence-corrected chi connectivity index (χ2v) is 8.45. The zero-order valence-corrected chi connectivity index (χ0v) is 16.4. The van der Waals surface area contributed by atoms with E-state index in [4.69, 9.17) is 0 Å². The lowest BCUT2D eigenvalue weighted by Gasteiger charge is -2.27. The quantitative estimate of drug-likeness (QED) is 0.769. The molecule has 1 atom stereocenters. The van der Waals surface area contributed by atoms with Crippen molar-refractivity contribution in [2.45, 2.75) is 37.1 Å². The highest BCUT2D eigenvalue weighted by Crippen LogP contribution is 2.19. The summed E-state index contributed by atoms with van der Waals surface area (Å²) >= 11 is 0. The van der Waals surface area contributed by atoms with Gasteiger partial charge in [0.1, 0.15) is 11.6 Å². The summed E-state index contributed by atoms with van der Waals surface area (Å²) in [6.07, 6.45) is 5.08. The van der Waals surface area contributed by atoms with Gasteiger partial charge in [0, 0.05) is 13.1 Å². The highest BCUT2D eigenvalue weighted by Gasteiger charge is 2.22. The number of nitrogens with one attached hydrogen (secondary N) is 2. The van der Waals surface area contributed by atoms with Gasteiger partial charge in [-0.3, -0.25) is 4.79 Å². The van der Waals surface area contributed by atoms with Crippen molar-refractivity contribution in [2.24, 2.45) is 0 Å². The highest BCUT2D eigenvalue weighted by atomic mass is 32.2. The van der Waals surface area contributed by atoms with Gasteiger partial charge in [-0.25, -0.2) is 17.8 Å². The number of sulfonamides is 1. The predicted octanol–water partition coefficient (Wildman–Crippen LogP) is 2.52. The topological polar surface area (TPSA) is 91.4 Å². The number of nitrogens with zero attached hydrogens (tertiary/aromatic N) is 2. The van der Waals surface area contributed by atoms with E-state index in [2.05, 4.69) is 19.9 Å². The van der Waals surface area contributed by atoms with Crippen molar-refractivity contribution in [3.8, 4) is 0 Å². The summed E-state index contributed by atoms with van der Waals surface area (Å²) in [6, 6.07) is 6.96. The summed E-state index contributed by atoms with van der Waals surface area (Å²) < 4.78 is 39.8. The number of carbonyl (C=O) groups is 1. The first-order chi connectivity index (χ1) is 13.3. The molecule has 2 aromatic rings. The van der Waals surface area contributed by atoms with Crippen LogP contribution in [0, 0.1) is 5.82 Å². The number of benzene rings is 1. The molecule has 9 heteroatoms. The normalized spacial score (nSPS) is 15.9. The number of anilines is 2. The van der Waals surface area contributed by atoms with Gasteiger partial charge < -0.3 is 10.2 Å². The van der Waals surface area contributed by atoms with Crippen molar-refractivity contribution in [2.75, 3.05) is 23.3 Å². The third kappa shape index (κ3) is 5.05. The van der Waals surface area contributed by atoms with Gasteiger partial charge >= 0.3 is 0 Å². The highest BCUT2D eigenvalue weighted by molar-refractivity contribution is 7.89. The molecule has 0 aliphatic carbocycles. The predicted molar refractivity (Wildman–Crippen MR) is 105 cm³/mol. The number of amides is 1. The molecule has 28 heavy (non-hydrogen) atoms. The largest absolute Gasteiger partial charge is 0.357 e. The van der Waals surface area contributed by atoms with Gasteiger partial charge in [-0.1, -0.05) is 0 Å². The van der Waals surface area contributed by atoms with Crippen LogP contribution in [0.4, 0.5) is 15.9 Å². The van der Waals surface area contributed by atoms with Gasteiger partial charge in [0.2, 0.25) is 15.9 Å². The summed E-state index contributed by atoms with van der Waals surface area (Å²) in [6.45, 7) is 3.38. The number of aromatic nitrogens is 1. The molecule has 1 aliphatic rings. The minimum Gasteiger partial charge on any atom is -0.357 e. The van der Waals surface area contributed by atoms with Crippen molar-refractivity contribution < 1.29 is 17.6 Å². The van der Waals surface area contributed by atoms with E-state index in [1.54, 1.807) is 12.3 Å². The van der Waals surface area contributed by atoms with Crippen molar-refractivity contribution in [1.29, 1.82) is 0 Å². The smallest absolute Gasteiger partial charge is 0.242 e. The Labute approximate surface area is 164 Å². The summed E-state index contributed by atoms with van der Waals surface area (Å²) in [5, 5.41) is 2.65. The molecule has 1 unspecified atom stereocenters. The van der Waals surface area contributed by atoms with E-state index in [0.29, 0.717) is 5.69 Å². The van der Waals surface area contributed by atoms with Crippen LogP contribution in [0.25, 0.3) is 0 Å². The number of carbonyl (C=O) groups excluding carboxylic acids is 1. The molecule has 1 aromatic carbocycles. The zero-order chi connectivity index (χ0) is 20.1. The van der Waals surface area contributed by atoms with Crippen LogP contribution in [0.5, 0.6) is 0 Å². The van der Waals surface area contributed by atoms with Crippen LogP contribution in [-0.2, 0) is 14.8 Å². The molecule has 1 aliphatic heterocycles. The van der Waals surface area contributed by atoms with Crippen molar-refractivity contribution in [1.82, 2.24) is 9.71 Å². The van der Waals surface area contributed by atoms with Crippen molar-refractivity contribution in [3.05, 3.63) is 48.4 Å². The fourth-order valence-corrected chi connectivity index (χ4v) is 4.19. The molecule has 0 spiro atoms. The fourth-order valence-electron chi connectivity index (χ4n) is 2.99. The maximum Gasteiger partial charge on any atom is 0.242 e. The standard InChI is InChI=1S/C19H23FN4O3S/c1-14(23-28(26,27)17-8-5-15(20)6-9-17)19(25)22-16-7-10-18(21-13-16)24-11-3-2-4-12-24/h5-10,13-14,23H,2-4,11-12H2,1H3,(H,22,25). The Balaban J connectivity index is 1.59. The molecular formula is C19H23FN4O3S. The van der Waals surface area contributed by atoms with Crippen LogP contribution in [0.15, 0.2) is 47.5 Å². The third-order valence-corrected chi connectivity index (χ3v) is 6.10. The molecule has 0 saturated carbocycles. The number of halogens is 1. The van der Waals surface area contributed by atoms with E-state index in [1.807, 2.05) is 6.07 Å². The van der Waals surface area contributed by atoms with Gasteiger partial charge in [-0.05, 0) is 62.6 Å². The van der Waals surface area contributed by atoms with Crippen LogP contribution in [-0.4, -0.2) is 38.4 Å². The Morgan fingerprint density at radius 3 is 2.39 bits per heavy atom. The maximum absolute atomic E-state index is 13.0. The molecule has 2 heterocycles. The third-order valence-electron chi connectivity index (χ3n) is 4.54. The molecular weight excluding hydrogens is 383 g/mol. The molecule has 3 rings (SSSR count). The molecule has 7 nitrogen and oxygen atoms in total. The molecule has 0 bridgehead atoms. The second-order valence-electron chi connectivity index (χ2n) is 6.74. The number of rotatable bonds is 6. The van der Waals surface area contributed by atoms with E-state index in [9.17, 15) is 17.6 Å². The first kappa shape index (κ1) is 20.2. The summed E-state index contributed by atoms with van der Waals surface area (Å²) in [7, 11) is -3.93. The van der Waals surface area contributed by atoms with E-state index in [-0.39, 0.29) is 4.90 Å². The van der Waals surface area contributed by atoms with Crippen LogP contribution < -0.4 is 14.9 Å². The molecule has 1 aromatic heterocycles. The van der Waals surface area contributed by atoms with Crippen molar-refractivity contribution >= 4 is 27.4 Å². The summed E-state index contributed by atoms with van der Waals surface area (Å²) in [5.41, 5.74) is 0.485. The zero-order valence-electron chi connectivity index (χ0n) is 15.6. The SMILES string of the molecule is CC(NS(=O)(=O)c1ccc(F)cc1)C(=O)Nc1ccc(N2CCCCC2)nc1. The minimum absolute atomic E-state index is 0.110. The number of pyridine rings is 1. The Hall–Kier alpha value is -2.52. The monoisotopic (exact) mass is 406 g/mol. The Bertz CT molecular complexity index is 911. The van der Waals surface area contributed by atoms with E-state index < -0.39 is 27.8 Å². The minimum atomic E-state index is -3.93. The molecule has 2 N–H and O–H groups in total. The average molecular weight is 406 g/mol. The Morgan fingerprint density at radius 2 is 1.79 bits per heavy atom. The Kier molecular flexibility index (Phi) is 6.25.